The second kappa shape index (κ2) is 11.4. The Labute approximate surface area is 219 Å². The summed E-state index contributed by atoms with van der Waals surface area (Å²) in [6, 6.07) is 19.2. The van der Waals surface area contributed by atoms with Crippen molar-refractivity contribution in [2.24, 2.45) is 4.40 Å². The van der Waals surface area contributed by atoms with Gasteiger partial charge in [0.05, 0.1) is 16.9 Å². The summed E-state index contributed by atoms with van der Waals surface area (Å²) in [6.07, 6.45) is 3.11. The third-order valence-electron chi connectivity index (χ3n) is 5.23. The fourth-order valence-corrected chi connectivity index (χ4v) is 5.60. The van der Waals surface area contributed by atoms with Crippen LogP contribution in [0.4, 0.5) is 4.39 Å². The normalized spacial score (nSPS) is 15.8. The van der Waals surface area contributed by atoms with Crippen LogP contribution < -0.4 is 9.47 Å². The number of sulfonamides is 1. The molecule has 1 amide bonds. The Morgan fingerprint density at radius 1 is 1.05 bits per heavy atom. The van der Waals surface area contributed by atoms with Gasteiger partial charge >= 0.3 is 0 Å². The number of ether oxygens (including phenoxy) is 2. The highest BCUT2D eigenvalue weighted by Gasteiger charge is 2.34. The summed E-state index contributed by atoms with van der Waals surface area (Å²) < 4.78 is 54.0. The molecular formula is C27H23FN2O5S2. The van der Waals surface area contributed by atoms with Gasteiger partial charge in [-0.3, -0.25) is 9.69 Å². The van der Waals surface area contributed by atoms with Gasteiger partial charge in [0.15, 0.2) is 16.7 Å². The molecule has 3 aromatic rings. The van der Waals surface area contributed by atoms with E-state index in [0.717, 1.165) is 41.6 Å². The maximum absolute atomic E-state index is 13.2. The van der Waals surface area contributed by atoms with Crippen LogP contribution in [0.2, 0.25) is 0 Å². The number of rotatable bonds is 9. The summed E-state index contributed by atoms with van der Waals surface area (Å²) >= 11 is 0.927. The fourth-order valence-electron chi connectivity index (χ4n) is 3.41. The van der Waals surface area contributed by atoms with Gasteiger partial charge in [-0.05, 0) is 65.4 Å². The number of nitrogens with zero attached hydrogens (tertiary/aromatic N) is 2. The van der Waals surface area contributed by atoms with Crippen LogP contribution >= 0.6 is 11.8 Å². The molecule has 4 rings (SSSR count). The molecule has 0 saturated carbocycles. The first-order chi connectivity index (χ1) is 17.8. The highest BCUT2D eigenvalue weighted by atomic mass is 32.2. The van der Waals surface area contributed by atoms with Crippen LogP contribution in [0.5, 0.6) is 11.5 Å². The number of amides is 1. The van der Waals surface area contributed by atoms with Crippen molar-refractivity contribution in [3.63, 3.8) is 0 Å². The highest BCUT2D eigenvalue weighted by Crippen LogP contribution is 2.35. The summed E-state index contributed by atoms with van der Waals surface area (Å²) in [7, 11) is -2.63. The van der Waals surface area contributed by atoms with Crippen molar-refractivity contribution in [3.05, 3.63) is 107 Å². The number of benzene rings is 3. The molecule has 1 saturated heterocycles. The lowest BCUT2D eigenvalue weighted by Crippen LogP contribution is -2.29. The SMILES string of the molecule is C=CCN1C(=O)C(=Cc2ccc(OC)c(OCc3ccccc3)c2)SC1=NS(=O)(=O)c1ccc(F)cc1. The first kappa shape index (κ1) is 26.2. The van der Waals surface area contributed by atoms with E-state index < -0.39 is 21.7 Å². The Morgan fingerprint density at radius 2 is 1.78 bits per heavy atom. The topological polar surface area (TPSA) is 85.3 Å². The van der Waals surface area contributed by atoms with Crippen molar-refractivity contribution in [2.75, 3.05) is 13.7 Å². The number of methoxy groups -OCH3 is 1. The standard InChI is InChI=1S/C27H23FN2O5S2/c1-3-15-30-26(31)25(36-27(30)29-37(32,33)22-12-10-21(28)11-13-22)17-20-9-14-23(34-2)24(16-20)35-18-19-7-5-4-6-8-19/h3-14,16-17H,1,15,18H2,2H3. The van der Waals surface area contributed by atoms with Gasteiger partial charge in [0.25, 0.3) is 15.9 Å². The Morgan fingerprint density at radius 3 is 2.46 bits per heavy atom. The molecule has 1 aliphatic heterocycles. The minimum absolute atomic E-state index is 0.0189. The summed E-state index contributed by atoms with van der Waals surface area (Å²) in [4.78, 5) is 14.4. The Bertz CT molecular complexity index is 1470. The van der Waals surface area contributed by atoms with Crippen molar-refractivity contribution >= 4 is 38.9 Å². The van der Waals surface area contributed by atoms with E-state index in [-0.39, 0.29) is 21.5 Å². The van der Waals surface area contributed by atoms with Crippen LogP contribution in [-0.2, 0) is 21.4 Å². The van der Waals surface area contributed by atoms with Gasteiger partial charge in [-0.2, -0.15) is 8.42 Å². The van der Waals surface area contributed by atoms with Crippen LogP contribution in [0.15, 0.2) is 99.6 Å². The summed E-state index contributed by atoms with van der Waals surface area (Å²) in [5, 5.41) is -0.0189. The van der Waals surface area contributed by atoms with Crippen molar-refractivity contribution < 1.29 is 27.1 Å². The molecule has 10 heteroatoms. The molecule has 0 spiro atoms. The van der Waals surface area contributed by atoms with Gasteiger partial charge < -0.3 is 9.47 Å². The maximum Gasteiger partial charge on any atom is 0.284 e. The molecular weight excluding hydrogens is 515 g/mol. The number of amidine groups is 1. The van der Waals surface area contributed by atoms with E-state index >= 15 is 0 Å². The number of thioether (sulfide) groups is 1. The van der Waals surface area contributed by atoms with Gasteiger partial charge in [0, 0.05) is 6.54 Å². The zero-order valence-corrected chi connectivity index (χ0v) is 21.5. The molecule has 0 N–H and O–H groups in total. The van der Waals surface area contributed by atoms with E-state index in [1.165, 1.54) is 18.1 Å². The molecule has 0 aromatic heterocycles. The van der Waals surface area contributed by atoms with E-state index in [1.807, 2.05) is 30.3 Å². The van der Waals surface area contributed by atoms with Gasteiger partial charge in [-0.15, -0.1) is 11.0 Å². The molecule has 3 aromatic carbocycles. The van der Waals surface area contributed by atoms with Gasteiger partial charge in [0.2, 0.25) is 0 Å². The van der Waals surface area contributed by atoms with E-state index in [0.29, 0.717) is 23.7 Å². The average Bonchev–Trinajstić information content (AvgIpc) is 3.17. The first-order valence-corrected chi connectivity index (χ1v) is 13.3. The average molecular weight is 539 g/mol. The van der Waals surface area contributed by atoms with Crippen molar-refractivity contribution in [2.45, 2.75) is 11.5 Å². The van der Waals surface area contributed by atoms with Gasteiger partial charge in [-0.25, -0.2) is 4.39 Å². The molecule has 1 fully saturated rings. The molecule has 0 radical (unpaired) electrons. The quantitative estimate of drug-likeness (QED) is 0.273. The van der Waals surface area contributed by atoms with Crippen LogP contribution in [-0.4, -0.2) is 38.0 Å². The largest absolute Gasteiger partial charge is 0.493 e. The van der Waals surface area contributed by atoms with E-state index in [2.05, 4.69) is 11.0 Å². The van der Waals surface area contributed by atoms with Crippen LogP contribution in [0.25, 0.3) is 6.08 Å². The number of halogens is 1. The molecule has 0 aliphatic carbocycles. The predicted octanol–water partition coefficient (Wildman–Crippen LogP) is 5.26. The lowest BCUT2D eigenvalue weighted by Gasteiger charge is -2.12. The molecule has 1 aliphatic rings. The zero-order valence-electron chi connectivity index (χ0n) is 19.8. The van der Waals surface area contributed by atoms with Gasteiger partial charge in [-0.1, -0.05) is 42.5 Å². The second-order valence-corrected chi connectivity index (χ2v) is 10.4. The molecule has 1 heterocycles. The van der Waals surface area contributed by atoms with Crippen molar-refractivity contribution in [1.29, 1.82) is 0 Å². The summed E-state index contributed by atoms with van der Waals surface area (Å²) in [6.45, 7) is 4.04. The number of carbonyl (C=O) groups is 1. The van der Waals surface area contributed by atoms with Gasteiger partial charge in [0.1, 0.15) is 12.4 Å². The minimum atomic E-state index is -4.17. The van der Waals surface area contributed by atoms with Crippen molar-refractivity contribution in [1.82, 2.24) is 4.90 Å². The molecule has 7 nitrogen and oxygen atoms in total. The number of hydrogen-bond acceptors (Lipinski definition) is 6. The number of hydrogen-bond donors (Lipinski definition) is 0. The third kappa shape index (κ3) is 6.28. The maximum atomic E-state index is 13.2. The smallest absolute Gasteiger partial charge is 0.284 e. The molecule has 0 atom stereocenters. The lowest BCUT2D eigenvalue weighted by atomic mass is 10.1. The lowest BCUT2D eigenvalue weighted by molar-refractivity contribution is -0.121. The predicted molar refractivity (Wildman–Crippen MR) is 142 cm³/mol. The monoisotopic (exact) mass is 538 g/mol. The first-order valence-electron chi connectivity index (χ1n) is 11.1. The second-order valence-electron chi connectivity index (χ2n) is 7.80. The van der Waals surface area contributed by atoms with Crippen LogP contribution in [0, 0.1) is 5.82 Å². The minimum Gasteiger partial charge on any atom is -0.493 e. The Kier molecular flexibility index (Phi) is 8.10. The van der Waals surface area contributed by atoms with E-state index in [4.69, 9.17) is 9.47 Å². The van der Waals surface area contributed by atoms with E-state index in [1.54, 1.807) is 24.3 Å². The third-order valence-corrected chi connectivity index (χ3v) is 7.64. The molecule has 0 bridgehead atoms. The summed E-state index contributed by atoms with van der Waals surface area (Å²) in [5.41, 5.74) is 1.64. The Hall–Kier alpha value is -3.89. The fraction of sp³-hybridized carbons (Fsp3) is 0.111. The highest BCUT2D eigenvalue weighted by molar-refractivity contribution is 8.19. The van der Waals surface area contributed by atoms with E-state index in [9.17, 15) is 17.6 Å². The van der Waals surface area contributed by atoms with Crippen LogP contribution in [0.1, 0.15) is 11.1 Å². The zero-order chi connectivity index (χ0) is 26.4. The Balaban J connectivity index is 1.63. The molecule has 0 unspecified atom stereocenters. The van der Waals surface area contributed by atoms with Crippen molar-refractivity contribution in [3.8, 4) is 11.5 Å². The molecule has 190 valence electrons. The molecule has 37 heavy (non-hydrogen) atoms. The number of carbonyl (C=O) groups excluding carboxylic acids is 1. The van der Waals surface area contributed by atoms with Crippen LogP contribution in [0.3, 0.4) is 0 Å². The summed E-state index contributed by atoms with van der Waals surface area (Å²) in [5.74, 6) is 0.0407.